The molecule has 2 atom stereocenters. The van der Waals surface area contributed by atoms with Gasteiger partial charge in [0, 0.05) is 10.6 Å². The highest BCUT2D eigenvalue weighted by atomic mass is 35.5. The third kappa shape index (κ3) is 4.80. The number of fused-ring (bicyclic) bond motifs is 1. The van der Waals surface area contributed by atoms with Crippen LogP contribution < -0.4 is 10.0 Å². The molecule has 0 aromatic heterocycles. The Kier molecular flexibility index (Phi) is 6.42. The highest BCUT2D eigenvalue weighted by molar-refractivity contribution is 7.90. The number of amides is 1. The van der Waals surface area contributed by atoms with Gasteiger partial charge in [-0.05, 0) is 36.8 Å². The molecule has 0 radical (unpaired) electrons. The van der Waals surface area contributed by atoms with E-state index in [1.165, 1.54) is 20.1 Å². The van der Waals surface area contributed by atoms with Crippen LogP contribution in [0.5, 0.6) is 0 Å². The summed E-state index contributed by atoms with van der Waals surface area (Å²) in [5.41, 5.74) is 1.07. The number of nitrogens with zero attached hydrogens (tertiary/aromatic N) is 1. The van der Waals surface area contributed by atoms with E-state index in [0.717, 1.165) is 0 Å². The number of hydrogen-bond acceptors (Lipinski definition) is 6. The minimum atomic E-state index is -3.70. The van der Waals surface area contributed by atoms with Crippen LogP contribution >= 0.6 is 11.6 Å². The summed E-state index contributed by atoms with van der Waals surface area (Å²) in [7, 11) is -2.44. The molecule has 158 valence electrons. The molecule has 0 aliphatic carbocycles. The maximum atomic E-state index is 12.8. The van der Waals surface area contributed by atoms with Gasteiger partial charge in [0.25, 0.3) is 10.0 Å². The molecule has 0 fully saturated rings. The highest BCUT2D eigenvalue weighted by Gasteiger charge is 2.31. The summed E-state index contributed by atoms with van der Waals surface area (Å²) >= 11 is 5.91. The van der Waals surface area contributed by atoms with Gasteiger partial charge >= 0.3 is 5.97 Å². The first-order valence-corrected chi connectivity index (χ1v) is 10.9. The number of amidine groups is 1. The average molecular weight is 450 g/mol. The number of aliphatic imine (C=N–C) groups is 1. The van der Waals surface area contributed by atoms with E-state index in [1.54, 1.807) is 42.5 Å². The summed E-state index contributed by atoms with van der Waals surface area (Å²) in [6.45, 7) is 1.54. The first-order chi connectivity index (χ1) is 14.2. The van der Waals surface area contributed by atoms with Crippen LogP contribution in [-0.2, 0) is 24.3 Å². The molecule has 1 aliphatic heterocycles. The first kappa shape index (κ1) is 21.8. The lowest BCUT2D eigenvalue weighted by Crippen LogP contribution is -2.37. The molecule has 1 unspecified atom stereocenters. The van der Waals surface area contributed by atoms with Gasteiger partial charge in [-0.1, -0.05) is 35.9 Å². The molecule has 0 spiro atoms. The Hall–Kier alpha value is -2.91. The lowest BCUT2D eigenvalue weighted by Gasteiger charge is -2.20. The molecule has 2 N–H and O–H groups in total. The third-order valence-electron chi connectivity index (χ3n) is 4.55. The van der Waals surface area contributed by atoms with Gasteiger partial charge in [-0.3, -0.25) is 19.3 Å². The zero-order chi connectivity index (χ0) is 21.9. The number of benzene rings is 2. The van der Waals surface area contributed by atoms with Gasteiger partial charge in [-0.25, -0.2) is 8.42 Å². The number of methoxy groups -OCH3 is 1. The van der Waals surface area contributed by atoms with Gasteiger partial charge in [0.05, 0.1) is 24.5 Å². The van der Waals surface area contributed by atoms with Gasteiger partial charge in [-0.2, -0.15) is 0 Å². The number of hydrogen-bond donors (Lipinski definition) is 2. The van der Waals surface area contributed by atoms with Crippen molar-refractivity contribution in [3.05, 3.63) is 64.7 Å². The molecule has 1 aliphatic rings. The number of carbonyl (C=O) groups is 2. The monoisotopic (exact) mass is 449 g/mol. The van der Waals surface area contributed by atoms with Gasteiger partial charge in [-0.15, -0.1) is 0 Å². The van der Waals surface area contributed by atoms with Crippen molar-refractivity contribution in [1.82, 2.24) is 10.0 Å². The molecule has 2 aromatic rings. The molecule has 1 amide bonds. The van der Waals surface area contributed by atoms with Gasteiger partial charge in [0.1, 0.15) is 11.9 Å². The Morgan fingerprint density at radius 2 is 1.83 bits per heavy atom. The minimum Gasteiger partial charge on any atom is -0.469 e. The molecule has 0 saturated carbocycles. The maximum Gasteiger partial charge on any atom is 0.307 e. The second kappa shape index (κ2) is 8.85. The number of nitrogens with one attached hydrogen (secondary N) is 2. The van der Waals surface area contributed by atoms with E-state index in [9.17, 15) is 18.0 Å². The van der Waals surface area contributed by atoms with Crippen molar-refractivity contribution < 1.29 is 22.7 Å². The fourth-order valence-corrected chi connectivity index (χ4v) is 4.34. The molecule has 1 heterocycles. The van der Waals surface area contributed by atoms with Gasteiger partial charge in [0.15, 0.2) is 0 Å². The topological polar surface area (TPSA) is 114 Å². The SMILES string of the molecule is COC(=O)CC(NC(=O)[C@H](C)N=C1NS(=O)(=O)c2ccccc21)c1ccc(Cl)cc1. The first-order valence-electron chi connectivity index (χ1n) is 9.04. The van der Waals surface area contributed by atoms with E-state index < -0.39 is 34.0 Å². The van der Waals surface area contributed by atoms with Gasteiger partial charge in [0.2, 0.25) is 5.91 Å². The number of rotatable bonds is 6. The van der Waals surface area contributed by atoms with Crippen LogP contribution in [0.4, 0.5) is 0 Å². The summed E-state index contributed by atoms with van der Waals surface area (Å²) < 4.78 is 31.5. The molecule has 8 nitrogen and oxygen atoms in total. The van der Waals surface area contributed by atoms with Crippen LogP contribution in [0.15, 0.2) is 58.4 Å². The van der Waals surface area contributed by atoms with E-state index in [-0.39, 0.29) is 17.2 Å². The smallest absolute Gasteiger partial charge is 0.307 e. The van der Waals surface area contributed by atoms with Crippen molar-refractivity contribution in [3.63, 3.8) is 0 Å². The summed E-state index contributed by atoms with van der Waals surface area (Å²) in [5, 5.41) is 3.29. The Bertz CT molecular complexity index is 1100. The highest BCUT2D eigenvalue weighted by Crippen LogP contribution is 2.23. The van der Waals surface area contributed by atoms with Crippen LogP contribution in [0.3, 0.4) is 0 Å². The van der Waals surface area contributed by atoms with Crippen molar-refractivity contribution in [2.24, 2.45) is 4.99 Å². The van der Waals surface area contributed by atoms with Crippen LogP contribution in [0, 0.1) is 0 Å². The Labute approximate surface area is 179 Å². The third-order valence-corrected chi connectivity index (χ3v) is 6.20. The summed E-state index contributed by atoms with van der Waals surface area (Å²) in [5.74, 6) is -0.870. The van der Waals surface area contributed by atoms with Crippen molar-refractivity contribution in [2.75, 3.05) is 7.11 Å². The number of carbonyl (C=O) groups excluding carboxylic acids is 2. The van der Waals surface area contributed by atoms with E-state index in [0.29, 0.717) is 16.1 Å². The fraction of sp³-hybridized carbons (Fsp3) is 0.250. The summed E-state index contributed by atoms with van der Waals surface area (Å²) in [6, 6.07) is 11.5. The Morgan fingerprint density at radius 3 is 2.50 bits per heavy atom. The summed E-state index contributed by atoms with van der Waals surface area (Å²) in [6.07, 6.45) is -0.0807. The fourth-order valence-electron chi connectivity index (χ4n) is 2.97. The maximum absolute atomic E-state index is 12.8. The van der Waals surface area contributed by atoms with E-state index >= 15 is 0 Å². The number of sulfonamides is 1. The lowest BCUT2D eigenvalue weighted by atomic mass is 10.0. The largest absolute Gasteiger partial charge is 0.469 e. The van der Waals surface area contributed by atoms with Crippen molar-refractivity contribution >= 4 is 39.3 Å². The standard InChI is InChI=1S/C20H20ClN3O5S/c1-12(22-19-15-5-3-4-6-17(15)30(27,28)24-19)20(26)23-16(11-18(25)29-2)13-7-9-14(21)10-8-13/h3-10,12,16H,11H2,1-2H3,(H,22,24)(H,23,26)/t12-,16?/m0/s1. The lowest BCUT2D eigenvalue weighted by molar-refractivity contribution is -0.141. The number of halogens is 1. The van der Waals surface area contributed by atoms with Crippen LogP contribution in [-0.4, -0.2) is 39.3 Å². The molecular formula is C20H20ClN3O5S. The van der Waals surface area contributed by atoms with Crippen LogP contribution in [0.2, 0.25) is 5.02 Å². The summed E-state index contributed by atoms with van der Waals surface area (Å²) in [4.78, 5) is 28.9. The molecular weight excluding hydrogens is 430 g/mol. The zero-order valence-corrected chi connectivity index (χ0v) is 17.8. The zero-order valence-electron chi connectivity index (χ0n) is 16.3. The van der Waals surface area contributed by atoms with Crippen molar-refractivity contribution in [1.29, 1.82) is 0 Å². The Balaban J connectivity index is 1.81. The molecule has 0 bridgehead atoms. The molecule has 2 aromatic carbocycles. The number of esters is 1. The second-order valence-electron chi connectivity index (χ2n) is 6.65. The normalized spacial score (nSPS) is 17.5. The van der Waals surface area contributed by atoms with Crippen LogP contribution in [0.1, 0.15) is 30.5 Å². The number of ether oxygens (including phenoxy) is 1. The van der Waals surface area contributed by atoms with E-state index in [2.05, 4.69) is 15.0 Å². The molecule has 10 heteroatoms. The molecule has 30 heavy (non-hydrogen) atoms. The van der Waals surface area contributed by atoms with E-state index in [4.69, 9.17) is 16.3 Å². The second-order valence-corrected chi connectivity index (χ2v) is 8.74. The van der Waals surface area contributed by atoms with Crippen molar-refractivity contribution in [3.8, 4) is 0 Å². The minimum absolute atomic E-state index is 0.0807. The van der Waals surface area contributed by atoms with Gasteiger partial charge < -0.3 is 10.1 Å². The molecule has 0 saturated heterocycles. The quantitative estimate of drug-likeness (QED) is 0.656. The predicted molar refractivity (Wildman–Crippen MR) is 112 cm³/mol. The van der Waals surface area contributed by atoms with Crippen molar-refractivity contribution in [2.45, 2.75) is 30.3 Å². The predicted octanol–water partition coefficient (Wildman–Crippen LogP) is 2.19. The molecule has 3 rings (SSSR count). The average Bonchev–Trinajstić information content (AvgIpc) is 2.98. The van der Waals surface area contributed by atoms with E-state index in [1.807, 2.05) is 0 Å². The van der Waals surface area contributed by atoms with Crippen LogP contribution in [0.25, 0.3) is 0 Å². The Morgan fingerprint density at radius 1 is 1.17 bits per heavy atom.